The smallest absolute Gasteiger partial charge is 0.283 e. The quantitative estimate of drug-likeness (QED) is 0.617. The van der Waals surface area contributed by atoms with E-state index >= 15 is 0 Å². The van der Waals surface area contributed by atoms with Gasteiger partial charge in [-0.2, -0.15) is 17.8 Å². The van der Waals surface area contributed by atoms with Gasteiger partial charge in [0.25, 0.3) is 10.1 Å². The summed E-state index contributed by atoms with van der Waals surface area (Å²) in [5.74, 6) is -0.412. The molecule has 1 aliphatic rings. The third kappa shape index (κ3) is 6.64. The molecule has 0 N–H and O–H groups in total. The van der Waals surface area contributed by atoms with E-state index in [9.17, 15) is 16.8 Å². The number of piperazine rings is 1. The summed E-state index contributed by atoms with van der Waals surface area (Å²) in [7, 11) is -4.85. The molecule has 0 atom stereocenters. The van der Waals surface area contributed by atoms with Crippen LogP contribution in [0.25, 0.3) is 0 Å². The fraction of sp³-hybridized carbons (Fsp3) is 1.00. The van der Waals surface area contributed by atoms with Crippen molar-refractivity contribution >= 4 is 20.0 Å². The zero-order valence-corrected chi connectivity index (χ0v) is 12.3. The van der Waals surface area contributed by atoms with Gasteiger partial charge in [-0.25, -0.2) is 8.42 Å². The van der Waals surface area contributed by atoms with Crippen LogP contribution in [0.2, 0.25) is 0 Å². The second kappa shape index (κ2) is 6.29. The molecule has 0 spiro atoms. The molecule has 1 fully saturated rings. The van der Waals surface area contributed by atoms with Gasteiger partial charge in [0.05, 0.1) is 11.5 Å². The number of hydrogen-bond acceptors (Lipinski definition) is 7. The Bertz CT molecular complexity index is 451. The Morgan fingerprint density at radius 1 is 1.00 bits per heavy atom. The molecular formula is C9H20N2O5S2. The van der Waals surface area contributed by atoms with Gasteiger partial charge in [0.1, 0.15) is 9.84 Å². The summed E-state index contributed by atoms with van der Waals surface area (Å²) in [4.78, 5) is 2.08. The minimum Gasteiger partial charge on any atom is -0.304 e. The molecular weight excluding hydrogens is 280 g/mol. The molecule has 0 bridgehead atoms. The lowest BCUT2D eigenvalue weighted by molar-refractivity contribution is -0.0789. The van der Waals surface area contributed by atoms with E-state index in [2.05, 4.69) is 4.90 Å². The van der Waals surface area contributed by atoms with Gasteiger partial charge in [-0.3, -0.25) is 0 Å². The van der Waals surface area contributed by atoms with Crippen LogP contribution < -0.4 is 0 Å². The summed E-state index contributed by atoms with van der Waals surface area (Å²) in [6, 6.07) is 0. The molecule has 1 saturated heterocycles. The van der Waals surface area contributed by atoms with Crippen LogP contribution in [0.15, 0.2) is 0 Å². The molecule has 0 aromatic rings. The standard InChI is InChI=1S/C9H20N2O5S2/c1-10-4-6-11(7-5-10)16-18(14,15)9-3-8-17(2,12)13/h3-9H2,1-2H3. The Hall–Kier alpha value is -0.220. The number of sulfone groups is 1. The second-order valence-corrected chi connectivity index (χ2v) is 8.48. The third-order valence-corrected chi connectivity index (χ3v) is 4.85. The molecule has 1 heterocycles. The minimum absolute atomic E-state index is 0.0644. The van der Waals surface area contributed by atoms with Gasteiger partial charge in [0.2, 0.25) is 0 Å². The van der Waals surface area contributed by atoms with E-state index in [1.165, 1.54) is 5.06 Å². The monoisotopic (exact) mass is 300 g/mol. The maximum atomic E-state index is 11.6. The van der Waals surface area contributed by atoms with Crippen LogP contribution >= 0.6 is 0 Å². The van der Waals surface area contributed by atoms with Gasteiger partial charge in [0.15, 0.2) is 0 Å². The maximum Gasteiger partial charge on any atom is 0.283 e. The Labute approximate surface area is 109 Å². The number of hydroxylamine groups is 2. The lowest BCUT2D eigenvalue weighted by Crippen LogP contribution is -2.45. The SMILES string of the molecule is CN1CCN(OS(=O)(=O)CCCS(C)(=O)=O)CC1. The molecule has 108 valence electrons. The van der Waals surface area contributed by atoms with Gasteiger partial charge >= 0.3 is 0 Å². The minimum atomic E-state index is -3.68. The zero-order valence-electron chi connectivity index (χ0n) is 10.7. The number of likely N-dealkylation sites (N-methyl/N-ethyl adjacent to an activating group) is 1. The maximum absolute atomic E-state index is 11.6. The van der Waals surface area contributed by atoms with Gasteiger partial charge in [-0.15, -0.1) is 0 Å². The van der Waals surface area contributed by atoms with E-state index in [0.29, 0.717) is 13.1 Å². The molecule has 0 amide bonds. The van der Waals surface area contributed by atoms with Crippen LogP contribution in [0.1, 0.15) is 6.42 Å². The summed E-state index contributed by atoms with van der Waals surface area (Å²) >= 11 is 0. The van der Waals surface area contributed by atoms with Crippen molar-refractivity contribution in [2.45, 2.75) is 6.42 Å². The van der Waals surface area contributed by atoms with Gasteiger partial charge in [0, 0.05) is 32.4 Å². The lowest BCUT2D eigenvalue weighted by atomic mass is 10.4. The van der Waals surface area contributed by atoms with Crippen molar-refractivity contribution in [3.8, 4) is 0 Å². The summed E-state index contributed by atoms with van der Waals surface area (Å²) in [5.41, 5.74) is 0. The molecule has 0 aromatic carbocycles. The first kappa shape index (κ1) is 15.8. The van der Waals surface area contributed by atoms with Crippen LogP contribution in [0.3, 0.4) is 0 Å². The van der Waals surface area contributed by atoms with Crippen molar-refractivity contribution in [2.75, 3.05) is 51.0 Å². The average Bonchev–Trinajstić information content (AvgIpc) is 2.18. The van der Waals surface area contributed by atoms with Crippen molar-refractivity contribution in [3.05, 3.63) is 0 Å². The molecule has 0 saturated carbocycles. The van der Waals surface area contributed by atoms with Crippen molar-refractivity contribution < 1.29 is 21.1 Å². The molecule has 9 heteroatoms. The Balaban J connectivity index is 2.36. The van der Waals surface area contributed by atoms with E-state index in [-0.39, 0.29) is 17.9 Å². The Kier molecular flexibility index (Phi) is 5.53. The predicted molar refractivity (Wildman–Crippen MR) is 68.3 cm³/mol. The van der Waals surface area contributed by atoms with Crippen LogP contribution in [-0.2, 0) is 24.2 Å². The molecule has 0 aromatic heterocycles. The molecule has 7 nitrogen and oxygen atoms in total. The summed E-state index contributed by atoms with van der Waals surface area (Å²) < 4.78 is 49.9. The molecule has 0 unspecified atom stereocenters. The topological polar surface area (TPSA) is 84.0 Å². The van der Waals surface area contributed by atoms with E-state index in [1.807, 2.05) is 7.05 Å². The molecule has 1 aliphatic heterocycles. The highest BCUT2D eigenvalue weighted by molar-refractivity contribution is 7.90. The number of rotatable bonds is 6. The van der Waals surface area contributed by atoms with Crippen LogP contribution in [-0.4, -0.2) is 77.8 Å². The first-order valence-corrected chi connectivity index (χ1v) is 9.35. The highest BCUT2D eigenvalue weighted by Gasteiger charge is 2.21. The fourth-order valence-electron chi connectivity index (χ4n) is 1.56. The van der Waals surface area contributed by atoms with E-state index in [4.69, 9.17) is 4.28 Å². The zero-order chi connectivity index (χ0) is 13.8. The third-order valence-electron chi connectivity index (χ3n) is 2.59. The van der Waals surface area contributed by atoms with Crippen LogP contribution in [0.5, 0.6) is 0 Å². The predicted octanol–water partition coefficient (Wildman–Crippen LogP) is -1.07. The van der Waals surface area contributed by atoms with Crippen molar-refractivity contribution in [1.82, 2.24) is 9.96 Å². The van der Waals surface area contributed by atoms with Gasteiger partial charge < -0.3 is 4.90 Å². The van der Waals surface area contributed by atoms with Crippen molar-refractivity contribution in [2.24, 2.45) is 0 Å². The highest BCUT2D eigenvalue weighted by Crippen LogP contribution is 2.06. The highest BCUT2D eigenvalue weighted by atomic mass is 32.2. The van der Waals surface area contributed by atoms with Gasteiger partial charge in [-0.1, -0.05) is 0 Å². The fourth-order valence-corrected chi connectivity index (χ4v) is 3.45. The van der Waals surface area contributed by atoms with E-state index in [0.717, 1.165) is 19.3 Å². The largest absolute Gasteiger partial charge is 0.304 e. The van der Waals surface area contributed by atoms with Crippen LogP contribution in [0, 0.1) is 0 Å². The van der Waals surface area contributed by atoms with E-state index < -0.39 is 20.0 Å². The molecule has 0 aliphatic carbocycles. The van der Waals surface area contributed by atoms with Crippen molar-refractivity contribution in [3.63, 3.8) is 0 Å². The Morgan fingerprint density at radius 2 is 1.56 bits per heavy atom. The summed E-state index contributed by atoms with van der Waals surface area (Å²) in [6.07, 6.45) is 1.15. The van der Waals surface area contributed by atoms with Crippen molar-refractivity contribution in [1.29, 1.82) is 0 Å². The second-order valence-electron chi connectivity index (χ2n) is 4.55. The summed E-state index contributed by atoms with van der Waals surface area (Å²) in [5, 5.41) is 1.41. The van der Waals surface area contributed by atoms with Crippen LogP contribution in [0.4, 0.5) is 0 Å². The van der Waals surface area contributed by atoms with Gasteiger partial charge in [-0.05, 0) is 13.5 Å². The van der Waals surface area contributed by atoms with E-state index in [1.54, 1.807) is 0 Å². The number of hydrogen-bond donors (Lipinski definition) is 0. The molecule has 1 rings (SSSR count). The lowest BCUT2D eigenvalue weighted by Gasteiger charge is -2.30. The number of nitrogens with zero attached hydrogens (tertiary/aromatic N) is 2. The Morgan fingerprint density at radius 3 is 2.06 bits per heavy atom. The summed E-state index contributed by atoms with van der Waals surface area (Å²) in [6.45, 7) is 2.56. The molecule has 0 radical (unpaired) electrons. The first-order chi connectivity index (χ1) is 8.18. The normalized spacial score (nSPS) is 20.1. The molecule has 18 heavy (non-hydrogen) atoms. The average molecular weight is 300 g/mol. The first-order valence-electron chi connectivity index (χ1n) is 5.71.